The van der Waals surface area contributed by atoms with Crippen LogP contribution in [0.1, 0.15) is 52.9 Å². The molecule has 2 bridgehead atoms. The van der Waals surface area contributed by atoms with E-state index in [9.17, 15) is 9.59 Å². The van der Waals surface area contributed by atoms with E-state index < -0.39 is 0 Å². The van der Waals surface area contributed by atoms with Gasteiger partial charge in [-0.25, -0.2) is 9.59 Å². The molecule has 0 spiro atoms. The first-order chi connectivity index (χ1) is 11.3. The van der Waals surface area contributed by atoms with Crippen molar-refractivity contribution in [3.63, 3.8) is 0 Å². The lowest BCUT2D eigenvalue weighted by Crippen LogP contribution is -2.55. The summed E-state index contributed by atoms with van der Waals surface area (Å²) in [5.74, 6) is 0.706. The number of hydrogen-bond donors (Lipinski definition) is 2. The van der Waals surface area contributed by atoms with E-state index in [1.165, 1.54) is 20.0 Å². The highest BCUT2D eigenvalue weighted by molar-refractivity contribution is 5.75. The molecule has 6 heteroatoms. The summed E-state index contributed by atoms with van der Waals surface area (Å²) >= 11 is 0. The SMILES string of the molecule is COC(=O)N1CCC[C@H](NC(=O)N[C@@H]2C[C@H]3CC[C@@]2(C)C3(C)C)C1. The molecule has 6 nitrogen and oxygen atoms in total. The van der Waals surface area contributed by atoms with E-state index in [0.717, 1.165) is 19.3 Å². The quantitative estimate of drug-likeness (QED) is 0.814. The van der Waals surface area contributed by atoms with E-state index in [4.69, 9.17) is 4.74 Å². The van der Waals surface area contributed by atoms with Gasteiger partial charge in [0.1, 0.15) is 0 Å². The number of likely N-dealkylation sites (tertiary alicyclic amines) is 1. The van der Waals surface area contributed by atoms with E-state index >= 15 is 0 Å². The number of amides is 3. The number of methoxy groups -OCH3 is 1. The fraction of sp³-hybridized carbons (Fsp3) is 0.889. The molecule has 1 aliphatic heterocycles. The van der Waals surface area contributed by atoms with Crippen LogP contribution in [-0.2, 0) is 4.74 Å². The topological polar surface area (TPSA) is 70.7 Å². The summed E-state index contributed by atoms with van der Waals surface area (Å²) in [4.78, 5) is 25.8. The molecule has 3 amide bonds. The van der Waals surface area contributed by atoms with Gasteiger partial charge in [-0.3, -0.25) is 0 Å². The molecule has 3 rings (SSSR count). The lowest BCUT2D eigenvalue weighted by Gasteiger charge is -2.40. The summed E-state index contributed by atoms with van der Waals surface area (Å²) in [6, 6.07) is 0.144. The van der Waals surface area contributed by atoms with Gasteiger partial charge in [-0.05, 0) is 48.9 Å². The van der Waals surface area contributed by atoms with Gasteiger partial charge in [0.2, 0.25) is 0 Å². The third kappa shape index (κ3) is 2.74. The van der Waals surface area contributed by atoms with Crippen LogP contribution < -0.4 is 10.6 Å². The highest BCUT2D eigenvalue weighted by Crippen LogP contribution is 2.65. The summed E-state index contributed by atoms with van der Waals surface area (Å²) in [7, 11) is 1.39. The molecule has 1 heterocycles. The summed E-state index contributed by atoms with van der Waals surface area (Å²) in [5.41, 5.74) is 0.469. The molecule has 0 unspecified atom stereocenters. The Bertz CT molecular complexity index is 522. The average molecular weight is 337 g/mol. The van der Waals surface area contributed by atoms with Gasteiger partial charge in [0.25, 0.3) is 0 Å². The van der Waals surface area contributed by atoms with E-state index in [1.807, 2.05) is 0 Å². The van der Waals surface area contributed by atoms with Gasteiger partial charge in [-0.2, -0.15) is 0 Å². The highest BCUT2D eigenvalue weighted by atomic mass is 16.5. The predicted molar refractivity (Wildman–Crippen MR) is 91.7 cm³/mol. The second kappa shape index (κ2) is 6.12. The first kappa shape index (κ1) is 17.4. The van der Waals surface area contributed by atoms with Gasteiger partial charge in [-0.1, -0.05) is 20.8 Å². The van der Waals surface area contributed by atoms with Crippen molar-refractivity contribution in [1.82, 2.24) is 15.5 Å². The Morgan fingerprint density at radius 3 is 2.50 bits per heavy atom. The lowest BCUT2D eigenvalue weighted by molar-refractivity contribution is 0.106. The van der Waals surface area contributed by atoms with Crippen molar-refractivity contribution in [1.29, 1.82) is 0 Å². The molecule has 24 heavy (non-hydrogen) atoms. The molecule has 0 aromatic rings. The fourth-order valence-corrected chi connectivity index (χ4v) is 5.20. The minimum atomic E-state index is -0.315. The van der Waals surface area contributed by atoms with Crippen molar-refractivity contribution >= 4 is 12.1 Å². The van der Waals surface area contributed by atoms with Crippen molar-refractivity contribution < 1.29 is 14.3 Å². The number of piperidine rings is 1. The van der Waals surface area contributed by atoms with E-state index in [2.05, 4.69) is 31.4 Å². The number of fused-ring (bicyclic) bond motifs is 2. The highest BCUT2D eigenvalue weighted by Gasteiger charge is 2.61. The van der Waals surface area contributed by atoms with E-state index in [-0.39, 0.29) is 35.0 Å². The maximum absolute atomic E-state index is 12.5. The predicted octanol–water partition coefficient (Wildman–Crippen LogP) is 2.73. The maximum atomic E-state index is 12.5. The zero-order valence-electron chi connectivity index (χ0n) is 15.4. The van der Waals surface area contributed by atoms with Crippen LogP contribution in [-0.4, -0.2) is 49.3 Å². The van der Waals surface area contributed by atoms with Crippen LogP contribution in [0.2, 0.25) is 0 Å². The number of urea groups is 1. The molecule has 2 saturated carbocycles. The number of nitrogens with zero attached hydrogens (tertiary/aromatic N) is 1. The normalized spacial score (nSPS) is 37.2. The Hall–Kier alpha value is -1.46. The fourth-order valence-electron chi connectivity index (χ4n) is 5.20. The molecule has 1 saturated heterocycles. The Morgan fingerprint density at radius 2 is 1.92 bits per heavy atom. The number of rotatable bonds is 2. The Kier molecular flexibility index (Phi) is 4.43. The third-order valence-electron chi connectivity index (χ3n) is 7.29. The molecule has 4 atom stereocenters. The van der Waals surface area contributed by atoms with Crippen molar-refractivity contribution in [3.05, 3.63) is 0 Å². The summed E-state index contributed by atoms with van der Waals surface area (Å²) in [5, 5.41) is 6.29. The summed E-state index contributed by atoms with van der Waals surface area (Å²) in [6.45, 7) is 8.24. The Labute approximate surface area is 144 Å². The molecule has 3 aliphatic rings. The molecular formula is C18H31N3O3. The van der Waals surface area contributed by atoms with Gasteiger partial charge >= 0.3 is 12.1 Å². The van der Waals surface area contributed by atoms with Gasteiger partial charge < -0.3 is 20.3 Å². The van der Waals surface area contributed by atoms with Crippen LogP contribution in [0.4, 0.5) is 9.59 Å². The monoisotopic (exact) mass is 337 g/mol. The van der Waals surface area contributed by atoms with Crippen molar-refractivity contribution in [2.45, 2.75) is 65.0 Å². The zero-order valence-corrected chi connectivity index (χ0v) is 15.4. The third-order valence-corrected chi connectivity index (χ3v) is 7.29. The zero-order chi connectivity index (χ0) is 17.5. The molecule has 2 N–H and O–H groups in total. The second-order valence-electron chi connectivity index (χ2n) is 8.54. The molecule has 3 fully saturated rings. The van der Waals surface area contributed by atoms with E-state index in [0.29, 0.717) is 19.0 Å². The van der Waals surface area contributed by atoms with Crippen LogP contribution >= 0.6 is 0 Å². The molecule has 2 aliphatic carbocycles. The van der Waals surface area contributed by atoms with Crippen LogP contribution in [0, 0.1) is 16.7 Å². The van der Waals surface area contributed by atoms with Crippen molar-refractivity contribution in [2.75, 3.05) is 20.2 Å². The largest absolute Gasteiger partial charge is 0.453 e. The summed E-state index contributed by atoms with van der Waals surface area (Å²) < 4.78 is 4.78. The second-order valence-corrected chi connectivity index (χ2v) is 8.54. The molecule has 136 valence electrons. The van der Waals surface area contributed by atoms with Crippen LogP contribution in [0.25, 0.3) is 0 Å². The average Bonchev–Trinajstić information content (AvgIpc) is 2.87. The Balaban J connectivity index is 1.54. The number of carbonyl (C=O) groups is 2. The molecular weight excluding hydrogens is 306 g/mol. The number of ether oxygens (including phenoxy) is 1. The van der Waals surface area contributed by atoms with Gasteiger partial charge in [-0.15, -0.1) is 0 Å². The summed E-state index contributed by atoms with van der Waals surface area (Å²) in [6.07, 6.45) is 5.02. The number of carbonyl (C=O) groups excluding carboxylic acids is 2. The smallest absolute Gasteiger partial charge is 0.409 e. The Morgan fingerprint density at radius 1 is 1.17 bits per heavy atom. The molecule has 0 aromatic heterocycles. The first-order valence-electron chi connectivity index (χ1n) is 9.18. The molecule has 0 radical (unpaired) electrons. The number of hydrogen-bond acceptors (Lipinski definition) is 3. The van der Waals surface area contributed by atoms with Crippen molar-refractivity contribution in [3.8, 4) is 0 Å². The minimum absolute atomic E-state index is 0.00254. The van der Waals surface area contributed by atoms with Gasteiger partial charge in [0, 0.05) is 25.2 Å². The van der Waals surface area contributed by atoms with Crippen LogP contribution in [0.15, 0.2) is 0 Å². The lowest BCUT2D eigenvalue weighted by atomic mass is 9.69. The van der Waals surface area contributed by atoms with Gasteiger partial charge in [0.15, 0.2) is 0 Å². The van der Waals surface area contributed by atoms with Gasteiger partial charge in [0.05, 0.1) is 7.11 Å². The first-order valence-corrected chi connectivity index (χ1v) is 9.18. The van der Waals surface area contributed by atoms with E-state index in [1.54, 1.807) is 4.90 Å². The standard InChI is InChI=1S/C18H31N3O3/c1-17(2)12-7-8-18(17,3)14(10-12)20-15(22)19-13-6-5-9-21(11-13)16(23)24-4/h12-14H,5-11H2,1-4H3,(H2,19,20,22)/t12-,13+,14-,18-/m1/s1. The van der Waals surface area contributed by atoms with Crippen LogP contribution in [0.5, 0.6) is 0 Å². The molecule has 0 aromatic carbocycles. The maximum Gasteiger partial charge on any atom is 0.409 e. The van der Waals surface area contributed by atoms with Crippen LogP contribution in [0.3, 0.4) is 0 Å². The number of nitrogens with one attached hydrogen (secondary N) is 2. The van der Waals surface area contributed by atoms with Crippen molar-refractivity contribution in [2.24, 2.45) is 16.7 Å². The minimum Gasteiger partial charge on any atom is -0.453 e.